The Labute approximate surface area is 80.0 Å². The molecule has 0 aromatic heterocycles. The van der Waals surface area contributed by atoms with E-state index in [0.717, 1.165) is 6.42 Å². The summed E-state index contributed by atoms with van der Waals surface area (Å²) in [4.78, 5) is 0. The minimum Gasteiger partial charge on any atom is -0.396 e. The third kappa shape index (κ3) is 8.18. The fraction of sp³-hybridized carbons (Fsp3) is 1.00. The van der Waals surface area contributed by atoms with E-state index in [0.29, 0.717) is 26.2 Å². The van der Waals surface area contributed by atoms with Crippen LogP contribution in [-0.4, -0.2) is 37.3 Å². The van der Waals surface area contributed by atoms with Crippen LogP contribution in [0, 0.1) is 0 Å². The molecule has 4 heteroatoms. The molecule has 0 bridgehead atoms. The Morgan fingerprint density at radius 1 is 1.15 bits per heavy atom. The maximum absolute atomic E-state index is 8.54. The highest BCUT2D eigenvalue weighted by Crippen LogP contribution is 2.11. The van der Waals surface area contributed by atoms with Gasteiger partial charge in [-0.25, -0.2) is 0 Å². The van der Waals surface area contributed by atoms with Crippen molar-refractivity contribution in [2.24, 2.45) is 5.73 Å². The molecule has 3 N–H and O–H groups in total. The summed E-state index contributed by atoms with van der Waals surface area (Å²) >= 11 is 0. The van der Waals surface area contributed by atoms with Crippen molar-refractivity contribution in [1.82, 2.24) is 0 Å². The van der Waals surface area contributed by atoms with Gasteiger partial charge in [0.15, 0.2) is 5.79 Å². The maximum Gasteiger partial charge on any atom is 0.162 e. The van der Waals surface area contributed by atoms with Crippen LogP contribution in [0.15, 0.2) is 0 Å². The lowest BCUT2D eigenvalue weighted by Gasteiger charge is -2.25. The minimum absolute atomic E-state index is 0.152. The average molecular weight is 191 g/mol. The Hall–Kier alpha value is -0.160. The van der Waals surface area contributed by atoms with E-state index in [1.54, 1.807) is 0 Å². The normalized spacial score (nSPS) is 12.0. The summed E-state index contributed by atoms with van der Waals surface area (Å²) in [6, 6.07) is 0. The number of aliphatic hydroxyl groups excluding tert-OH is 1. The lowest BCUT2D eigenvalue weighted by Crippen LogP contribution is -2.30. The monoisotopic (exact) mass is 191 g/mol. The predicted octanol–water partition coefficient (Wildman–Crippen LogP) is 0.487. The standard InChI is InChI=1S/C9H21NO3/c1-9(2,12-7-3-5-10)13-8-4-6-11/h11H,3-8,10H2,1-2H3. The summed E-state index contributed by atoms with van der Waals surface area (Å²) < 4.78 is 10.8. The predicted molar refractivity (Wildman–Crippen MR) is 51.4 cm³/mol. The number of aliphatic hydroxyl groups is 1. The summed E-state index contributed by atoms with van der Waals surface area (Å²) in [5.74, 6) is -0.565. The summed E-state index contributed by atoms with van der Waals surface area (Å²) in [5, 5.41) is 8.54. The first-order valence-electron chi connectivity index (χ1n) is 4.71. The number of rotatable bonds is 8. The Bertz CT molecular complexity index is 105. The molecule has 0 aliphatic rings. The van der Waals surface area contributed by atoms with E-state index in [9.17, 15) is 0 Å². The van der Waals surface area contributed by atoms with E-state index < -0.39 is 5.79 Å². The van der Waals surface area contributed by atoms with Gasteiger partial charge >= 0.3 is 0 Å². The van der Waals surface area contributed by atoms with Crippen molar-refractivity contribution in [3.63, 3.8) is 0 Å². The molecule has 0 atom stereocenters. The van der Waals surface area contributed by atoms with Crippen LogP contribution in [0.1, 0.15) is 26.7 Å². The van der Waals surface area contributed by atoms with E-state index in [4.69, 9.17) is 20.3 Å². The lowest BCUT2D eigenvalue weighted by molar-refractivity contribution is -0.214. The van der Waals surface area contributed by atoms with Crippen LogP contribution < -0.4 is 5.73 Å². The quantitative estimate of drug-likeness (QED) is 0.433. The second-order valence-electron chi connectivity index (χ2n) is 3.32. The molecule has 0 aromatic rings. The summed E-state index contributed by atoms with van der Waals surface area (Å²) in [7, 11) is 0. The highest BCUT2D eigenvalue weighted by molar-refractivity contribution is 4.54. The first-order chi connectivity index (χ1) is 6.12. The lowest BCUT2D eigenvalue weighted by atomic mass is 10.3. The highest BCUT2D eigenvalue weighted by atomic mass is 16.7. The second kappa shape index (κ2) is 7.26. The molecule has 0 aromatic carbocycles. The molecule has 0 spiro atoms. The third-order valence-electron chi connectivity index (χ3n) is 1.55. The first kappa shape index (κ1) is 12.8. The second-order valence-corrected chi connectivity index (χ2v) is 3.32. The Kier molecular flexibility index (Phi) is 7.17. The molecule has 0 radical (unpaired) electrons. The zero-order valence-corrected chi connectivity index (χ0v) is 8.58. The summed E-state index contributed by atoms with van der Waals surface area (Å²) in [6.45, 7) is 5.64. The van der Waals surface area contributed by atoms with Crippen molar-refractivity contribution in [2.45, 2.75) is 32.5 Å². The Balaban J connectivity index is 3.42. The molecule has 80 valence electrons. The molecule has 0 saturated carbocycles. The Morgan fingerprint density at radius 2 is 1.69 bits per heavy atom. The van der Waals surface area contributed by atoms with Crippen molar-refractivity contribution >= 4 is 0 Å². The van der Waals surface area contributed by atoms with Crippen LogP contribution in [0.2, 0.25) is 0 Å². The molecule has 0 heterocycles. The molecule has 0 amide bonds. The van der Waals surface area contributed by atoms with Gasteiger partial charge in [0.25, 0.3) is 0 Å². The summed E-state index contributed by atoms with van der Waals surface area (Å²) in [5.41, 5.74) is 5.33. The van der Waals surface area contributed by atoms with Crippen LogP contribution in [0.5, 0.6) is 0 Å². The van der Waals surface area contributed by atoms with Crippen molar-refractivity contribution in [1.29, 1.82) is 0 Å². The average Bonchev–Trinajstić information content (AvgIpc) is 2.05. The van der Waals surface area contributed by atoms with Gasteiger partial charge in [0.05, 0.1) is 13.2 Å². The molecular formula is C9H21NO3. The zero-order valence-electron chi connectivity index (χ0n) is 8.58. The van der Waals surface area contributed by atoms with Crippen molar-refractivity contribution in [3.05, 3.63) is 0 Å². The van der Waals surface area contributed by atoms with Crippen LogP contribution in [0.4, 0.5) is 0 Å². The third-order valence-corrected chi connectivity index (χ3v) is 1.55. The van der Waals surface area contributed by atoms with Gasteiger partial charge in [0, 0.05) is 6.61 Å². The van der Waals surface area contributed by atoms with Gasteiger partial charge in [-0.3, -0.25) is 0 Å². The minimum atomic E-state index is -0.565. The maximum atomic E-state index is 8.54. The first-order valence-corrected chi connectivity index (χ1v) is 4.71. The molecule has 0 unspecified atom stereocenters. The molecule has 0 aliphatic heterocycles. The van der Waals surface area contributed by atoms with E-state index in [1.165, 1.54) is 0 Å². The van der Waals surface area contributed by atoms with E-state index >= 15 is 0 Å². The number of hydrogen-bond donors (Lipinski definition) is 2. The summed E-state index contributed by atoms with van der Waals surface area (Å²) in [6.07, 6.45) is 1.48. The molecule has 0 rings (SSSR count). The number of nitrogens with two attached hydrogens (primary N) is 1. The SMILES string of the molecule is CC(C)(OCCCN)OCCCO. The van der Waals surface area contributed by atoms with Gasteiger partial charge in [0.2, 0.25) is 0 Å². The van der Waals surface area contributed by atoms with Crippen molar-refractivity contribution in [2.75, 3.05) is 26.4 Å². The number of ether oxygens (including phenoxy) is 2. The molecule has 0 aliphatic carbocycles. The molecular weight excluding hydrogens is 170 g/mol. The molecule has 4 nitrogen and oxygen atoms in total. The van der Waals surface area contributed by atoms with Gasteiger partial charge in [-0.1, -0.05) is 0 Å². The van der Waals surface area contributed by atoms with Crippen LogP contribution in [0.3, 0.4) is 0 Å². The van der Waals surface area contributed by atoms with Crippen LogP contribution in [0.25, 0.3) is 0 Å². The topological polar surface area (TPSA) is 64.7 Å². The van der Waals surface area contributed by atoms with Crippen molar-refractivity contribution in [3.8, 4) is 0 Å². The van der Waals surface area contributed by atoms with Crippen LogP contribution >= 0.6 is 0 Å². The highest BCUT2D eigenvalue weighted by Gasteiger charge is 2.17. The van der Waals surface area contributed by atoms with Gasteiger partial charge in [-0.2, -0.15) is 0 Å². The fourth-order valence-corrected chi connectivity index (χ4v) is 0.825. The van der Waals surface area contributed by atoms with Gasteiger partial charge in [-0.05, 0) is 33.2 Å². The Morgan fingerprint density at radius 3 is 2.15 bits per heavy atom. The van der Waals surface area contributed by atoms with E-state index in [2.05, 4.69) is 0 Å². The van der Waals surface area contributed by atoms with E-state index in [1.807, 2.05) is 13.8 Å². The van der Waals surface area contributed by atoms with Gasteiger partial charge in [0.1, 0.15) is 0 Å². The largest absolute Gasteiger partial charge is 0.396 e. The molecule has 0 saturated heterocycles. The molecule has 13 heavy (non-hydrogen) atoms. The van der Waals surface area contributed by atoms with Crippen LogP contribution in [-0.2, 0) is 9.47 Å². The smallest absolute Gasteiger partial charge is 0.162 e. The van der Waals surface area contributed by atoms with Crippen molar-refractivity contribution < 1.29 is 14.6 Å². The number of hydrogen-bond acceptors (Lipinski definition) is 4. The van der Waals surface area contributed by atoms with E-state index in [-0.39, 0.29) is 6.61 Å². The van der Waals surface area contributed by atoms with Gasteiger partial charge < -0.3 is 20.3 Å². The molecule has 0 fully saturated rings. The fourth-order valence-electron chi connectivity index (χ4n) is 0.825. The van der Waals surface area contributed by atoms with Gasteiger partial charge in [-0.15, -0.1) is 0 Å². The zero-order chi connectivity index (χ0) is 10.2.